The fraction of sp³-hybridized carbons (Fsp3) is 0.364. The van der Waals surface area contributed by atoms with E-state index in [1.807, 2.05) is 31.2 Å². The second-order valence-corrected chi connectivity index (χ2v) is 3.76. The number of nitrogens with one attached hydrogen (secondary N) is 1. The summed E-state index contributed by atoms with van der Waals surface area (Å²) < 4.78 is 5.11. The topological polar surface area (TPSA) is 38.3 Å². The number of ether oxygens (including phenoxy) is 1. The molecule has 0 spiro atoms. The van der Waals surface area contributed by atoms with E-state index in [1.165, 1.54) is 0 Å². The van der Waals surface area contributed by atoms with Gasteiger partial charge >= 0.3 is 0 Å². The van der Waals surface area contributed by atoms with E-state index in [1.54, 1.807) is 7.11 Å². The Balaban J connectivity index is 2.72. The zero-order chi connectivity index (χ0) is 11.3. The van der Waals surface area contributed by atoms with Crippen LogP contribution in [0.15, 0.2) is 24.3 Å². The summed E-state index contributed by atoms with van der Waals surface area (Å²) in [6.45, 7) is 1.94. The largest absolute Gasteiger partial charge is 0.497 e. The summed E-state index contributed by atoms with van der Waals surface area (Å²) in [6, 6.07) is 7.65. The van der Waals surface area contributed by atoms with Crippen LogP contribution in [0.4, 0.5) is 0 Å². The third kappa shape index (κ3) is 3.55. The van der Waals surface area contributed by atoms with Gasteiger partial charge in [0.2, 0.25) is 5.91 Å². The first-order valence-electron chi connectivity index (χ1n) is 4.66. The standard InChI is InChI=1S/C11H14BrNO2/c1-8(13-11(14)7-12)9-4-3-5-10(6-9)15-2/h3-6,8H,7H2,1-2H3,(H,13,14)/t8-/m1/s1. The Hall–Kier alpha value is -1.03. The number of benzene rings is 1. The van der Waals surface area contributed by atoms with Crippen molar-refractivity contribution >= 4 is 21.8 Å². The Bertz CT molecular complexity index is 341. The molecule has 0 saturated heterocycles. The summed E-state index contributed by atoms with van der Waals surface area (Å²) in [7, 11) is 1.63. The van der Waals surface area contributed by atoms with Gasteiger partial charge in [0.15, 0.2) is 0 Å². The second kappa shape index (κ2) is 5.75. The number of hydrogen-bond acceptors (Lipinski definition) is 2. The molecule has 3 nitrogen and oxygen atoms in total. The molecular formula is C11H14BrNO2. The lowest BCUT2D eigenvalue weighted by Crippen LogP contribution is -2.27. The van der Waals surface area contributed by atoms with Gasteiger partial charge in [0.1, 0.15) is 5.75 Å². The average Bonchev–Trinajstić information content (AvgIpc) is 2.28. The highest BCUT2D eigenvalue weighted by molar-refractivity contribution is 9.09. The zero-order valence-corrected chi connectivity index (χ0v) is 10.4. The Morgan fingerprint density at radius 2 is 2.33 bits per heavy atom. The predicted molar refractivity (Wildman–Crippen MR) is 63.3 cm³/mol. The quantitative estimate of drug-likeness (QED) is 0.854. The van der Waals surface area contributed by atoms with Gasteiger partial charge in [0, 0.05) is 0 Å². The first kappa shape index (κ1) is 12.0. The summed E-state index contributed by atoms with van der Waals surface area (Å²) in [5.74, 6) is 0.776. The van der Waals surface area contributed by atoms with Gasteiger partial charge in [-0.25, -0.2) is 0 Å². The third-order valence-corrected chi connectivity index (χ3v) is 2.60. The van der Waals surface area contributed by atoms with Crippen LogP contribution in [0.25, 0.3) is 0 Å². The molecule has 0 bridgehead atoms. The molecule has 0 heterocycles. The van der Waals surface area contributed by atoms with Crippen molar-refractivity contribution in [3.05, 3.63) is 29.8 Å². The number of rotatable bonds is 4. The Kier molecular flexibility index (Phi) is 4.62. The van der Waals surface area contributed by atoms with Crippen LogP contribution >= 0.6 is 15.9 Å². The molecular weight excluding hydrogens is 258 g/mol. The first-order chi connectivity index (χ1) is 7.17. The van der Waals surface area contributed by atoms with E-state index in [9.17, 15) is 4.79 Å². The normalized spacial score (nSPS) is 11.9. The highest BCUT2D eigenvalue weighted by Gasteiger charge is 2.08. The molecule has 1 rings (SSSR count). The lowest BCUT2D eigenvalue weighted by molar-refractivity contribution is -0.119. The second-order valence-electron chi connectivity index (χ2n) is 3.20. The molecule has 1 amide bonds. The van der Waals surface area contributed by atoms with Crippen LogP contribution < -0.4 is 10.1 Å². The molecule has 1 atom stereocenters. The maximum absolute atomic E-state index is 11.2. The van der Waals surface area contributed by atoms with Gasteiger partial charge in [0.05, 0.1) is 18.5 Å². The van der Waals surface area contributed by atoms with E-state index in [4.69, 9.17) is 4.74 Å². The smallest absolute Gasteiger partial charge is 0.231 e. The minimum absolute atomic E-state index is 0.00912. The Labute approximate surface area is 97.9 Å². The van der Waals surface area contributed by atoms with E-state index >= 15 is 0 Å². The molecule has 0 fully saturated rings. The lowest BCUT2D eigenvalue weighted by atomic mass is 10.1. The summed E-state index contributed by atoms with van der Waals surface area (Å²) in [6.07, 6.45) is 0. The summed E-state index contributed by atoms with van der Waals surface area (Å²) in [4.78, 5) is 11.2. The molecule has 0 aliphatic heterocycles. The number of carbonyl (C=O) groups is 1. The SMILES string of the molecule is COc1cccc([C@@H](C)NC(=O)CBr)c1. The molecule has 0 saturated carbocycles. The van der Waals surface area contributed by atoms with Gasteiger partial charge in [0.25, 0.3) is 0 Å². The number of hydrogen-bond donors (Lipinski definition) is 1. The van der Waals surface area contributed by atoms with E-state index < -0.39 is 0 Å². The monoisotopic (exact) mass is 271 g/mol. The van der Waals surface area contributed by atoms with E-state index in [2.05, 4.69) is 21.2 Å². The number of amides is 1. The molecule has 1 aromatic rings. The van der Waals surface area contributed by atoms with Crippen LogP contribution in [0.2, 0.25) is 0 Å². The average molecular weight is 272 g/mol. The minimum Gasteiger partial charge on any atom is -0.497 e. The van der Waals surface area contributed by atoms with Crippen molar-refractivity contribution in [2.24, 2.45) is 0 Å². The fourth-order valence-electron chi connectivity index (χ4n) is 1.27. The van der Waals surface area contributed by atoms with Gasteiger partial charge in [-0.2, -0.15) is 0 Å². The van der Waals surface area contributed by atoms with Gasteiger partial charge in [-0.3, -0.25) is 4.79 Å². The number of halogens is 1. The minimum atomic E-state index is -0.0229. The van der Waals surface area contributed by atoms with Crippen LogP contribution in [0, 0.1) is 0 Å². The number of carbonyl (C=O) groups excluding carboxylic acids is 1. The number of alkyl halides is 1. The van der Waals surface area contributed by atoms with Crippen LogP contribution in [-0.4, -0.2) is 18.3 Å². The molecule has 15 heavy (non-hydrogen) atoms. The van der Waals surface area contributed by atoms with E-state index in [-0.39, 0.29) is 11.9 Å². The maximum atomic E-state index is 11.2. The van der Waals surface area contributed by atoms with Crippen molar-refractivity contribution in [2.75, 3.05) is 12.4 Å². The van der Waals surface area contributed by atoms with E-state index in [0.29, 0.717) is 5.33 Å². The molecule has 1 aromatic carbocycles. The molecule has 1 N–H and O–H groups in total. The highest BCUT2D eigenvalue weighted by atomic mass is 79.9. The third-order valence-electron chi connectivity index (χ3n) is 2.09. The van der Waals surface area contributed by atoms with Gasteiger partial charge in [-0.15, -0.1) is 0 Å². The molecule has 0 radical (unpaired) electrons. The van der Waals surface area contributed by atoms with Crippen molar-refractivity contribution in [1.29, 1.82) is 0 Å². The predicted octanol–water partition coefficient (Wildman–Crippen LogP) is 2.27. The Morgan fingerprint density at radius 3 is 2.93 bits per heavy atom. The van der Waals surface area contributed by atoms with Gasteiger partial charge in [-0.1, -0.05) is 28.1 Å². The van der Waals surface area contributed by atoms with Crippen molar-refractivity contribution in [1.82, 2.24) is 5.32 Å². The summed E-state index contributed by atoms with van der Waals surface area (Å²) in [5, 5.41) is 3.18. The first-order valence-corrected chi connectivity index (χ1v) is 5.78. The van der Waals surface area contributed by atoms with Crippen LogP contribution in [-0.2, 0) is 4.79 Å². The lowest BCUT2D eigenvalue weighted by Gasteiger charge is -2.14. The highest BCUT2D eigenvalue weighted by Crippen LogP contribution is 2.18. The molecule has 0 aromatic heterocycles. The molecule has 0 unspecified atom stereocenters. The number of methoxy groups -OCH3 is 1. The van der Waals surface area contributed by atoms with Crippen LogP contribution in [0.3, 0.4) is 0 Å². The molecule has 0 aliphatic carbocycles. The summed E-state index contributed by atoms with van der Waals surface area (Å²) >= 11 is 3.11. The fourth-order valence-corrected chi connectivity index (χ4v) is 1.44. The van der Waals surface area contributed by atoms with Gasteiger partial charge in [-0.05, 0) is 24.6 Å². The molecule has 4 heteroatoms. The van der Waals surface area contributed by atoms with E-state index in [0.717, 1.165) is 11.3 Å². The maximum Gasteiger partial charge on any atom is 0.231 e. The van der Waals surface area contributed by atoms with Crippen LogP contribution in [0.1, 0.15) is 18.5 Å². The van der Waals surface area contributed by atoms with Crippen LogP contribution in [0.5, 0.6) is 5.75 Å². The van der Waals surface area contributed by atoms with Gasteiger partial charge < -0.3 is 10.1 Å². The van der Waals surface area contributed by atoms with Crippen molar-refractivity contribution in [2.45, 2.75) is 13.0 Å². The zero-order valence-electron chi connectivity index (χ0n) is 8.79. The van der Waals surface area contributed by atoms with Crippen molar-refractivity contribution < 1.29 is 9.53 Å². The summed E-state index contributed by atoms with van der Waals surface area (Å²) in [5.41, 5.74) is 1.03. The Morgan fingerprint density at radius 1 is 1.60 bits per heavy atom. The molecule has 0 aliphatic rings. The molecule has 82 valence electrons. The van der Waals surface area contributed by atoms with Crippen molar-refractivity contribution in [3.63, 3.8) is 0 Å². The van der Waals surface area contributed by atoms with Crippen molar-refractivity contribution in [3.8, 4) is 5.75 Å².